The van der Waals surface area contributed by atoms with Crippen LogP contribution in [0, 0.1) is 5.92 Å². The lowest BCUT2D eigenvalue weighted by molar-refractivity contribution is -0.140. The molecule has 20 heavy (non-hydrogen) atoms. The molecule has 2 fully saturated rings. The molecule has 0 unspecified atom stereocenters. The number of hydrogen-bond donors (Lipinski definition) is 0. The first-order chi connectivity index (χ1) is 9.83. The average Bonchev–Trinajstić information content (AvgIpc) is 3.14. The molecule has 1 amide bonds. The summed E-state index contributed by atoms with van der Waals surface area (Å²) in [4.78, 5) is 14.3. The van der Waals surface area contributed by atoms with E-state index in [0.29, 0.717) is 5.92 Å². The fraction of sp³-hybridized carbons (Fsp3) is 0.733. The molecule has 5 nitrogen and oxygen atoms in total. The van der Waals surface area contributed by atoms with Gasteiger partial charge < -0.3 is 9.64 Å². The van der Waals surface area contributed by atoms with Gasteiger partial charge in [-0.2, -0.15) is 5.10 Å². The van der Waals surface area contributed by atoms with E-state index in [4.69, 9.17) is 4.74 Å². The summed E-state index contributed by atoms with van der Waals surface area (Å²) in [5.74, 6) is 0.853. The van der Waals surface area contributed by atoms with Crippen molar-refractivity contribution < 1.29 is 9.53 Å². The topological polar surface area (TPSA) is 47.4 Å². The van der Waals surface area contributed by atoms with Crippen LogP contribution < -0.4 is 0 Å². The SMILES string of the molecule is O=C(COCC1CC1)N1CCCC[C@H]1Cn1cccn1. The number of carbonyl (C=O) groups excluding carboxylic acids is 1. The van der Waals surface area contributed by atoms with Crippen LogP contribution in [0.5, 0.6) is 0 Å². The number of aromatic nitrogens is 2. The van der Waals surface area contributed by atoms with E-state index in [2.05, 4.69) is 5.10 Å². The van der Waals surface area contributed by atoms with Crippen LogP contribution in [0.25, 0.3) is 0 Å². The van der Waals surface area contributed by atoms with Crippen molar-refractivity contribution >= 4 is 5.91 Å². The number of nitrogens with zero attached hydrogens (tertiary/aromatic N) is 3. The van der Waals surface area contributed by atoms with E-state index in [-0.39, 0.29) is 18.6 Å². The van der Waals surface area contributed by atoms with Crippen molar-refractivity contribution in [3.05, 3.63) is 18.5 Å². The molecule has 5 heteroatoms. The lowest BCUT2D eigenvalue weighted by Gasteiger charge is -2.35. The Bertz CT molecular complexity index is 428. The second-order valence-corrected chi connectivity index (χ2v) is 5.92. The fourth-order valence-corrected chi connectivity index (χ4v) is 2.82. The van der Waals surface area contributed by atoms with Gasteiger partial charge >= 0.3 is 0 Å². The zero-order chi connectivity index (χ0) is 13.8. The molecular weight excluding hydrogens is 254 g/mol. The zero-order valence-corrected chi connectivity index (χ0v) is 11.9. The van der Waals surface area contributed by atoms with Gasteiger partial charge in [-0.25, -0.2) is 0 Å². The van der Waals surface area contributed by atoms with Crippen LogP contribution in [-0.4, -0.2) is 46.4 Å². The van der Waals surface area contributed by atoms with Gasteiger partial charge in [-0.05, 0) is 44.1 Å². The molecule has 0 radical (unpaired) electrons. The molecular formula is C15H23N3O2. The van der Waals surface area contributed by atoms with Gasteiger partial charge in [0.05, 0.1) is 19.2 Å². The van der Waals surface area contributed by atoms with Gasteiger partial charge in [0.25, 0.3) is 0 Å². The van der Waals surface area contributed by atoms with Crippen LogP contribution >= 0.6 is 0 Å². The molecule has 110 valence electrons. The van der Waals surface area contributed by atoms with Crippen molar-refractivity contribution in [2.24, 2.45) is 5.92 Å². The van der Waals surface area contributed by atoms with E-state index in [1.807, 2.05) is 21.8 Å². The highest BCUT2D eigenvalue weighted by Gasteiger charge is 2.28. The molecule has 0 aromatic carbocycles. The molecule has 1 aliphatic heterocycles. The van der Waals surface area contributed by atoms with Crippen molar-refractivity contribution in [1.82, 2.24) is 14.7 Å². The summed E-state index contributed by atoms with van der Waals surface area (Å²) in [7, 11) is 0. The van der Waals surface area contributed by atoms with Crippen LogP contribution in [0.3, 0.4) is 0 Å². The lowest BCUT2D eigenvalue weighted by Crippen LogP contribution is -2.47. The van der Waals surface area contributed by atoms with E-state index >= 15 is 0 Å². The Balaban J connectivity index is 1.51. The maximum atomic E-state index is 12.3. The van der Waals surface area contributed by atoms with Crippen LogP contribution in [0.1, 0.15) is 32.1 Å². The van der Waals surface area contributed by atoms with E-state index in [1.54, 1.807) is 6.20 Å². The van der Waals surface area contributed by atoms with Crippen molar-refractivity contribution in [2.75, 3.05) is 19.8 Å². The summed E-state index contributed by atoms with van der Waals surface area (Å²) in [5, 5.41) is 4.25. The number of hydrogen-bond acceptors (Lipinski definition) is 3. The quantitative estimate of drug-likeness (QED) is 0.795. The molecule has 1 saturated carbocycles. The maximum Gasteiger partial charge on any atom is 0.248 e. The number of rotatable bonds is 6. The number of carbonyl (C=O) groups is 1. The summed E-state index contributed by atoms with van der Waals surface area (Å²) in [5.41, 5.74) is 0. The molecule has 0 N–H and O–H groups in total. The van der Waals surface area contributed by atoms with Crippen LogP contribution in [0.2, 0.25) is 0 Å². The first kappa shape index (κ1) is 13.6. The van der Waals surface area contributed by atoms with Crippen LogP contribution in [-0.2, 0) is 16.1 Å². The Hall–Kier alpha value is -1.36. The van der Waals surface area contributed by atoms with E-state index in [1.165, 1.54) is 19.3 Å². The van der Waals surface area contributed by atoms with Gasteiger partial charge in [0, 0.05) is 18.9 Å². The minimum atomic E-state index is 0.141. The largest absolute Gasteiger partial charge is 0.371 e. The summed E-state index contributed by atoms with van der Waals surface area (Å²) in [6, 6.07) is 2.19. The highest BCUT2D eigenvalue weighted by Crippen LogP contribution is 2.28. The van der Waals surface area contributed by atoms with Gasteiger partial charge in [0.1, 0.15) is 6.61 Å². The molecule has 0 spiro atoms. The smallest absolute Gasteiger partial charge is 0.248 e. The van der Waals surface area contributed by atoms with Crippen LogP contribution in [0.15, 0.2) is 18.5 Å². The van der Waals surface area contributed by atoms with Crippen molar-refractivity contribution in [3.63, 3.8) is 0 Å². The third kappa shape index (κ3) is 3.60. The molecule has 2 aliphatic rings. The predicted molar refractivity (Wildman–Crippen MR) is 75.1 cm³/mol. The van der Waals surface area contributed by atoms with E-state index in [0.717, 1.165) is 32.5 Å². The van der Waals surface area contributed by atoms with Gasteiger partial charge in [0.15, 0.2) is 0 Å². The van der Waals surface area contributed by atoms with Gasteiger partial charge in [-0.1, -0.05) is 0 Å². The van der Waals surface area contributed by atoms with Crippen molar-refractivity contribution in [3.8, 4) is 0 Å². The zero-order valence-electron chi connectivity index (χ0n) is 11.9. The number of ether oxygens (including phenoxy) is 1. The molecule has 2 heterocycles. The molecule has 1 saturated heterocycles. The molecule has 0 bridgehead atoms. The predicted octanol–water partition coefficient (Wildman–Crippen LogP) is 1.69. The van der Waals surface area contributed by atoms with Crippen LogP contribution in [0.4, 0.5) is 0 Å². The third-order valence-corrected chi connectivity index (χ3v) is 4.18. The second-order valence-electron chi connectivity index (χ2n) is 5.92. The number of piperidine rings is 1. The molecule has 3 rings (SSSR count). The summed E-state index contributed by atoms with van der Waals surface area (Å²) in [6.07, 6.45) is 9.63. The first-order valence-electron chi connectivity index (χ1n) is 7.67. The summed E-state index contributed by atoms with van der Waals surface area (Å²) < 4.78 is 7.46. The lowest BCUT2D eigenvalue weighted by atomic mass is 10.0. The standard InChI is InChI=1S/C15H23N3O2/c19-15(12-20-11-13-5-6-13)18-9-2-1-4-14(18)10-17-8-3-7-16-17/h3,7-8,13-14H,1-2,4-6,9-12H2/t14-/m0/s1. The molecule has 1 aliphatic carbocycles. The normalized spacial score (nSPS) is 23.0. The Kier molecular flexibility index (Phi) is 4.35. The Morgan fingerprint density at radius 2 is 2.20 bits per heavy atom. The second kappa shape index (κ2) is 6.39. The summed E-state index contributed by atoms with van der Waals surface area (Å²) >= 11 is 0. The minimum Gasteiger partial charge on any atom is -0.371 e. The maximum absolute atomic E-state index is 12.3. The highest BCUT2D eigenvalue weighted by molar-refractivity contribution is 5.77. The number of amides is 1. The highest BCUT2D eigenvalue weighted by atomic mass is 16.5. The van der Waals surface area contributed by atoms with Gasteiger partial charge in [0.2, 0.25) is 5.91 Å². The molecule has 1 aromatic heterocycles. The minimum absolute atomic E-state index is 0.141. The Morgan fingerprint density at radius 3 is 2.95 bits per heavy atom. The third-order valence-electron chi connectivity index (χ3n) is 4.18. The van der Waals surface area contributed by atoms with Crippen molar-refractivity contribution in [2.45, 2.75) is 44.7 Å². The monoisotopic (exact) mass is 277 g/mol. The van der Waals surface area contributed by atoms with Gasteiger partial charge in [-0.15, -0.1) is 0 Å². The van der Waals surface area contributed by atoms with Crippen molar-refractivity contribution in [1.29, 1.82) is 0 Å². The van der Waals surface area contributed by atoms with E-state index < -0.39 is 0 Å². The van der Waals surface area contributed by atoms with Gasteiger partial charge in [-0.3, -0.25) is 9.48 Å². The molecule has 1 atom stereocenters. The first-order valence-corrected chi connectivity index (χ1v) is 7.67. The molecule has 1 aromatic rings. The average molecular weight is 277 g/mol. The van der Waals surface area contributed by atoms with E-state index in [9.17, 15) is 4.79 Å². The fourth-order valence-electron chi connectivity index (χ4n) is 2.82. The summed E-state index contributed by atoms with van der Waals surface area (Å²) in [6.45, 7) is 2.65. The number of likely N-dealkylation sites (tertiary alicyclic amines) is 1. The Morgan fingerprint density at radius 1 is 1.30 bits per heavy atom. The Labute approximate surface area is 119 Å².